The van der Waals surface area contributed by atoms with Crippen molar-refractivity contribution >= 4 is 64.2 Å². The van der Waals surface area contributed by atoms with Crippen LogP contribution in [0.2, 0.25) is 0 Å². The molecule has 4 heteroatoms. The molecular formula is C57H33N3S. The van der Waals surface area contributed by atoms with E-state index >= 15 is 0 Å². The summed E-state index contributed by atoms with van der Waals surface area (Å²) in [6, 6.07) is 73.6. The van der Waals surface area contributed by atoms with E-state index in [1.807, 2.05) is 0 Å². The van der Waals surface area contributed by atoms with Crippen LogP contribution in [0.3, 0.4) is 0 Å². The molecule has 0 fully saturated rings. The van der Waals surface area contributed by atoms with E-state index in [9.17, 15) is 0 Å². The Balaban J connectivity index is 1.11. The van der Waals surface area contributed by atoms with Crippen LogP contribution in [0.4, 0.5) is 0 Å². The third-order valence-electron chi connectivity index (χ3n) is 13.4. The monoisotopic (exact) mass is 791 g/mol. The summed E-state index contributed by atoms with van der Waals surface area (Å²) >= 11 is 1.77. The molecule has 0 saturated heterocycles. The summed E-state index contributed by atoms with van der Waals surface area (Å²) in [7, 11) is 0. The molecule has 2 aliphatic rings. The summed E-state index contributed by atoms with van der Waals surface area (Å²) in [5.41, 5.74) is 17.4. The summed E-state index contributed by atoms with van der Waals surface area (Å²) in [6.07, 6.45) is 0. The molecule has 0 N–H and O–H groups in total. The Bertz CT molecular complexity index is 3720. The lowest BCUT2D eigenvalue weighted by Crippen LogP contribution is -2.30. The number of hydrogen-bond donors (Lipinski definition) is 0. The summed E-state index contributed by atoms with van der Waals surface area (Å²) in [5, 5.41) is 6.22. The lowest BCUT2D eigenvalue weighted by molar-refractivity contribution is 0.783. The van der Waals surface area contributed by atoms with E-state index in [1.54, 1.807) is 11.3 Å². The highest BCUT2D eigenvalue weighted by Gasteiger charge is 2.50. The minimum Gasteiger partial charge on any atom is -0.278 e. The number of fused-ring (bicyclic) bond motifs is 10. The van der Waals surface area contributed by atoms with E-state index < -0.39 is 5.41 Å². The van der Waals surface area contributed by atoms with Crippen LogP contribution in [0.5, 0.6) is 0 Å². The SMILES string of the molecule is c1ccc(-c2ccc3c(c2)-c2cc(-c4ccccc4)ccc2C32c3cccc4ccc5c(c34)c3c2cccc3n5-c2nc(-c3ccccc3)c3sc4ccccc4c3n2)cc1. The van der Waals surface area contributed by atoms with Gasteiger partial charge in [0.15, 0.2) is 0 Å². The van der Waals surface area contributed by atoms with Gasteiger partial charge in [-0.15, -0.1) is 11.3 Å². The molecule has 0 unspecified atom stereocenters. The van der Waals surface area contributed by atoms with E-state index in [-0.39, 0.29) is 0 Å². The van der Waals surface area contributed by atoms with Gasteiger partial charge in [0.1, 0.15) is 0 Å². The number of nitrogens with zero attached hydrogens (tertiary/aromatic N) is 3. The quantitative estimate of drug-likeness (QED) is 0.178. The van der Waals surface area contributed by atoms with Crippen LogP contribution >= 0.6 is 11.3 Å². The number of hydrogen-bond acceptors (Lipinski definition) is 3. The zero-order valence-corrected chi connectivity index (χ0v) is 33.6. The minimum absolute atomic E-state index is 0.564. The van der Waals surface area contributed by atoms with Crippen LogP contribution < -0.4 is 0 Å². The Kier molecular flexibility index (Phi) is 6.64. The number of benzene rings is 9. The number of aromatic nitrogens is 3. The van der Waals surface area contributed by atoms with Gasteiger partial charge < -0.3 is 0 Å². The van der Waals surface area contributed by atoms with Gasteiger partial charge in [0.25, 0.3) is 0 Å². The zero-order valence-electron chi connectivity index (χ0n) is 32.8. The number of thiophene rings is 1. The molecule has 14 rings (SSSR count). The topological polar surface area (TPSA) is 30.7 Å². The second-order valence-electron chi connectivity index (χ2n) is 16.4. The van der Waals surface area contributed by atoms with Crippen molar-refractivity contribution in [1.82, 2.24) is 14.5 Å². The predicted molar refractivity (Wildman–Crippen MR) is 254 cm³/mol. The van der Waals surface area contributed by atoms with Crippen LogP contribution in [0.25, 0.3) is 103 Å². The van der Waals surface area contributed by atoms with E-state index in [1.165, 1.54) is 81.9 Å². The van der Waals surface area contributed by atoms with Gasteiger partial charge in [-0.2, -0.15) is 0 Å². The van der Waals surface area contributed by atoms with E-state index in [0.29, 0.717) is 5.95 Å². The first-order chi connectivity index (χ1) is 30.3. The summed E-state index contributed by atoms with van der Waals surface area (Å²) in [5.74, 6) is 0.687. The summed E-state index contributed by atoms with van der Waals surface area (Å²) in [6.45, 7) is 0. The van der Waals surface area contributed by atoms with Crippen molar-refractivity contribution < 1.29 is 0 Å². The molecule has 282 valence electrons. The highest BCUT2D eigenvalue weighted by Crippen LogP contribution is 2.63. The Hall–Kier alpha value is -7.66. The van der Waals surface area contributed by atoms with Gasteiger partial charge >= 0.3 is 0 Å². The zero-order chi connectivity index (χ0) is 39.8. The first-order valence-electron chi connectivity index (χ1n) is 20.9. The van der Waals surface area contributed by atoms with Crippen molar-refractivity contribution in [3.05, 3.63) is 222 Å². The Morgan fingerprint density at radius 1 is 0.410 bits per heavy atom. The average molecular weight is 792 g/mol. The molecule has 0 radical (unpaired) electrons. The molecule has 0 aliphatic heterocycles. The number of rotatable bonds is 4. The molecule has 3 heterocycles. The van der Waals surface area contributed by atoms with Crippen molar-refractivity contribution in [2.75, 3.05) is 0 Å². The highest BCUT2D eigenvalue weighted by molar-refractivity contribution is 7.26. The standard InChI is InChI=1S/C57H33N3S/c1-4-14-34(15-5-1)38-26-29-43-41(32-38)42-33-39(35-16-6-2-7-17-35)27-30-44(42)57(43)45-22-12-20-36-28-31-48-52(50(36)45)51-46(57)23-13-24-47(51)60(48)56-58-53(37-18-8-3-9-19-37)55-54(59-56)40-21-10-11-25-49(40)61-55/h1-33H. The van der Waals surface area contributed by atoms with Gasteiger partial charge in [0.2, 0.25) is 5.95 Å². The lowest BCUT2D eigenvalue weighted by Gasteiger charge is -2.38. The van der Waals surface area contributed by atoms with Crippen molar-refractivity contribution in [2.24, 2.45) is 0 Å². The van der Waals surface area contributed by atoms with Crippen molar-refractivity contribution in [1.29, 1.82) is 0 Å². The maximum Gasteiger partial charge on any atom is 0.235 e. The average Bonchev–Trinajstić information content (AvgIpc) is 3.98. The molecule has 0 atom stereocenters. The van der Waals surface area contributed by atoms with Gasteiger partial charge in [-0.05, 0) is 96.7 Å². The maximum absolute atomic E-state index is 5.54. The highest BCUT2D eigenvalue weighted by atomic mass is 32.1. The second kappa shape index (κ2) is 12.2. The van der Waals surface area contributed by atoms with E-state index in [4.69, 9.17) is 9.97 Å². The van der Waals surface area contributed by atoms with Crippen LogP contribution in [0.15, 0.2) is 200 Å². The minimum atomic E-state index is -0.564. The molecule has 3 nitrogen and oxygen atoms in total. The second-order valence-corrected chi connectivity index (χ2v) is 17.5. The van der Waals surface area contributed by atoms with Gasteiger partial charge in [0.05, 0.1) is 32.4 Å². The van der Waals surface area contributed by atoms with Gasteiger partial charge in [-0.25, -0.2) is 9.97 Å². The third-order valence-corrected chi connectivity index (χ3v) is 14.6. The molecule has 0 amide bonds. The fourth-order valence-corrected chi connectivity index (χ4v) is 12.1. The molecule has 2 aliphatic carbocycles. The molecule has 1 spiro atoms. The van der Waals surface area contributed by atoms with Crippen LogP contribution in [0, 0.1) is 0 Å². The summed E-state index contributed by atoms with van der Waals surface area (Å²) < 4.78 is 4.67. The van der Waals surface area contributed by atoms with E-state index in [0.717, 1.165) is 37.9 Å². The predicted octanol–water partition coefficient (Wildman–Crippen LogP) is 14.8. The van der Waals surface area contributed by atoms with Crippen molar-refractivity contribution in [3.63, 3.8) is 0 Å². The smallest absolute Gasteiger partial charge is 0.235 e. The van der Waals surface area contributed by atoms with Crippen LogP contribution in [0.1, 0.15) is 22.3 Å². The fraction of sp³-hybridized carbons (Fsp3) is 0.0175. The van der Waals surface area contributed by atoms with Crippen LogP contribution in [-0.4, -0.2) is 14.5 Å². The maximum atomic E-state index is 5.54. The molecule has 12 aromatic rings. The van der Waals surface area contributed by atoms with Crippen molar-refractivity contribution in [3.8, 4) is 50.6 Å². The Morgan fingerprint density at radius 3 is 1.69 bits per heavy atom. The van der Waals surface area contributed by atoms with Gasteiger partial charge in [-0.3, -0.25) is 4.57 Å². The van der Waals surface area contributed by atoms with E-state index in [2.05, 4.69) is 205 Å². The van der Waals surface area contributed by atoms with Crippen molar-refractivity contribution in [2.45, 2.75) is 5.41 Å². The third kappa shape index (κ3) is 4.36. The van der Waals surface area contributed by atoms with Gasteiger partial charge in [0, 0.05) is 26.4 Å². The van der Waals surface area contributed by atoms with Crippen LogP contribution in [-0.2, 0) is 5.41 Å². The Morgan fingerprint density at radius 2 is 1.00 bits per heavy atom. The molecule has 9 aromatic carbocycles. The summed E-state index contributed by atoms with van der Waals surface area (Å²) in [4.78, 5) is 11.1. The Labute approximate surface area is 355 Å². The fourth-order valence-electron chi connectivity index (χ4n) is 10.9. The molecule has 0 bridgehead atoms. The lowest BCUT2D eigenvalue weighted by atomic mass is 9.63. The first kappa shape index (κ1) is 33.2. The molecule has 0 saturated carbocycles. The molecular weight excluding hydrogens is 759 g/mol. The molecule has 61 heavy (non-hydrogen) atoms. The normalized spacial score (nSPS) is 13.4. The van der Waals surface area contributed by atoms with Gasteiger partial charge in [-0.1, -0.05) is 170 Å². The first-order valence-corrected chi connectivity index (χ1v) is 21.7. The molecule has 3 aromatic heterocycles. The largest absolute Gasteiger partial charge is 0.278 e.